The first-order valence-corrected chi connectivity index (χ1v) is 6.30. The van der Waals surface area contributed by atoms with Crippen molar-refractivity contribution in [2.45, 2.75) is 17.1 Å². The molecule has 0 radical (unpaired) electrons. The normalized spacial score (nSPS) is 10.5. The Morgan fingerprint density at radius 3 is 2.37 bits per heavy atom. The van der Waals surface area contributed by atoms with Crippen molar-refractivity contribution in [3.63, 3.8) is 0 Å². The minimum atomic E-state index is -2.50. The van der Waals surface area contributed by atoms with Crippen LogP contribution in [0.2, 0.25) is 0 Å². The van der Waals surface area contributed by atoms with E-state index in [0.717, 1.165) is 0 Å². The molecule has 0 aliphatic heterocycles. The number of hydrogen-bond acceptors (Lipinski definition) is 3. The lowest BCUT2D eigenvalue weighted by molar-refractivity contribution is -0.137. The summed E-state index contributed by atoms with van der Waals surface area (Å²) in [6.07, 6.45) is -0.137. The first kappa shape index (κ1) is 15.4. The number of amides is 1. The van der Waals surface area contributed by atoms with Gasteiger partial charge < -0.3 is 10.0 Å². The molecule has 0 unspecified atom stereocenters. The van der Waals surface area contributed by atoms with Crippen LogP contribution in [0.3, 0.4) is 0 Å². The molecule has 0 saturated heterocycles. The minimum Gasteiger partial charge on any atom is -0.481 e. The summed E-state index contributed by atoms with van der Waals surface area (Å²) in [5.74, 6) is -3.82. The van der Waals surface area contributed by atoms with Gasteiger partial charge in [0, 0.05) is 24.1 Å². The summed E-state index contributed by atoms with van der Waals surface area (Å²) in [6, 6.07) is 5.78. The van der Waals surface area contributed by atoms with E-state index in [0.29, 0.717) is 22.2 Å². The molecule has 1 amide bonds. The fraction of sp³-hybridized carbons (Fsp3) is 0.333. The first-order valence-electron chi connectivity index (χ1n) is 5.42. The second kappa shape index (κ2) is 7.08. The van der Waals surface area contributed by atoms with Gasteiger partial charge in [-0.05, 0) is 24.3 Å². The number of nitrogens with zero attached hydrogens (tertiary/aromatic N) is 1. The number of carboxylic acids is 1. The molecule has 0 fully saturated rings. The minimum absolute atomic E-state index is 0.0989. The van der Waals surface area contributed by atoms with Crippen molar-refractivity contribution in [1.82, 2.24) is 4.90 Å². The summed E-state index contributed by atoms with van der Waals surface area (Å²) in [4.78, 5) is 23.9. The van der Waals surface area contributed by atoms with Gasteiger partial charge >= 0.3 is 5.97 Å². The Bertz CT molecular complexity index is 451. The van der Waals surface area contributed by atoms with Crippen molar-refractivity contribution >= 4 is 23.6 Å². The number of benzene rings is 1. The van der Waals surface area contributed by atoms with E-state index in [1.54, 1.807) is 0 Å². The van der Waals surface area contributed by atoms with Gasteiger partial charge in [0.1, 0.15) is 0 Å². The van der Waals surface area contributed by atoms with Crippen LogP contribution >= 0.6 is 11.8 Å². The first-order chi connectivity index (χ1) is 8.90. The van der Waals surface area contributed by atoms with E-state index < -0.39 is 11.7 Å². The Morgan fingerprint density at radius 1 is 1.32 bits per heavy atom. The molecule has 0 aromatic heterocycles. The van der Waals surface area contributed by atoms with Crippen molar-refractivity contribution in [3.05, 3.63) is 29.8 Å². The van der Waals surface area contributed by atoms with Gasteiger partial charge in [0.25, 0.3) is 11.7 Å². The quantitative estimate of drug-likeness (QED) is 0.818. The summed E-state index contributed by atoms with van der Waals surface area (Å²) in [7, 11) is 1.49. The molecule has 0 atom stereocenters. The summed E-state index contributed by atoms with van der Waals surface area (Å²) >= 11 is 0.405. The zero-order valence-corrected chi connectivity index (χ0v) is 11.0. The summed E-state index contributed by atoms with van der Waals surface area (Å²) < 4.78 is 24.2. The van der Waals surface area contributed by atoms with Gasteiger partial charge in [-0.15, -0.1) is 0 Å². The van der Waals surface area contributed by atoms with Crippen molar-refractivity contribution < 1.29 is 23.5 Å². The lowest BCUT2D eigenvalue weighted by atomic mass is 10.2. The SMILES string of the molecule is CN(CCC(=O)O)C(=O)c1ccc(SC(F)F)cc1. The van der Waals surface area contributed by atoms with Crippen LogP contribution in [0.1, 0.15) is 16.8 Å². The third-order valence-corrected chi connectivity index (χ3v) is 3.06. The highest BCUT2D eigenvalue weighted by Gasteiger charge is 2.13. The molecular formula is C12H13F2NO3S. The second-order valence-electron chi connectivity index (χ2n) is 3.77. The Hall–Kier alpha value is -1.63. The van der Waals surface area contributed by atoms with E-state index in [2.05, 4.69) is 0 Å². The average Bonchev–Trinajstić information content (AvgIpc) is 2.35. The molecule has 0 spiro atoms. The smallest absolute Gasteiger partial charge is 0.305 e. The number of thioether (sulfide) groups is 1. The van der Waals surface area contributed by atoms with E-state index in [-0.39, 0.29) is 18.9 Å². The van der Waals surface area contributed by atoms with Crippen LogP contribution in [0.15, 0.2) is 29.2 Å². The van der Waals surface area contributed by atoms with E-state index in [1.165, 1.54) is 36.2 Å². The number of hydrogen-bond donors (Lipinski definition) is 1. The summed E-state index contributed by atoms with van der Waals surface area (Å²) in [5.41, 5.74) is 0.339. The number of aliphatic carboxylic acids is 1. The number of rotatable bonds is 6. The third kappa shape index (κ3) is 5.25. The molecule has 0 aliphatic rings. The van der Waals surface area contributed by atoms with Gasteiger partial charge in [0.05, 0.1) is 6.42 Å². The molecule has 1 aromatic rings. The van der Waals surface area contributed by atoms with Crippen molar-refractivity contribution in [3.8, 4) is 0 Å². The molecule has 4 nitrogen and oxygen atoms in total. The molecule has 19 heavy (non-hydrogen) atoms. The third-order valence-electron chi connectivity index (χ3n) is 2.33. The maximum Gasteiger partial charge on any atom is 0.305 e. The Balaban J connectivity index is 2.64. The van der Waals surface area contributed by atoms with Gasteiger partial charge in [-0.25, -0.2) is 0 Å². The van der Waals surface area contributed by atoms with Gasteiger partial charge in [-0.2, -0.15) is 8.78 Å². The molecular weight excluding hydrogens is 276 g/mol. The topological polar surface area (TPSA) is 57.6 Å². The Kier molecular flexibility index (Phi) is 5.75. The molecule has 0 heterocycles. The maximum atomic E-state index is 12.1. The molecule has 0 saturated carbocycles. The number of carbonyl (C=O) groups is 2. The van der Waals surface area contributed by atoms with Crippen molar-refractivity contribution in [1.29, 1.82) is 0 Å². The predicted octanol–water partition coefficient (Wildman–Crippen LogP) is 2.55. The monoisotopic (exact) mass is 289 g/mol. The molecule has 104 valence electrons. The van der Waals surface area contributed by atoms with Crippen LogP contribution in [0.25, 0.3) is 0 Å². The van der Waals surface area contributed by atoms with E-state index >= 15 is 0 Å². The van der Waals surface area contributed by atoms with Gasteiger partial charge in [0.2, 0.25) is 0 Å². The number of alkyl halides is 2. The van der Waals surface area contributed by atoms with Crippen LogP contribution in [0, 0.1) is 0 Å². The highest BCUT2D eigenvalue weighted by atomic mass is 32.2. The number of carbonyl (C=O) groups excluding carboxylic acids is 1. The van der Waals surface area contributed by atoms with Crippen LogP contribution in [-0.4, -0.2) is 41.2 Å². The molecule has 0 bridgehead atoms. The standard InChI is InChI=1S/C12H13F2NO3S/c1-15(7-6-10(16)17)11(18)8-2-4-9(5-3-8)19-12(13)14/h2-5,12H,6-7H2,1H3,(H,16,17). The van der Waals surface area contributed by atoms with Gasteiger partial charge in [-0.3, -0.25) is 9.59 Å². The highest BCUT2D eigenvalue weighted by molar-refractivity contribution is 7.99. The largest absolute Gasteiger partial charge is 0.481 e. The van der Waals surface area contributed by atoms with Crippen molar-refractivity contribution in [2.24, 2.45) is 0 Å². The maximum absolute atomic E-state index is 12.1. The fourth-order valence-electron chi connectivity index (χ4n) is 1.36. The number of carboxylic acid groups (broad SMARTS) is 1. The van der Waals surface area contributed by atoms with Crippen LogP contribution in [0.5, 0.6) is 0 Å². The lowest BCUT2D eigenvalue weighted by Crippen LogP contribution is -2.28. The second-order valence-corrected chi connectivity index (χ2v) is 4.84. The molecule has 0 aliphatic carbocycles. The predicted molar refractivity (Wildman–Crippen MR) is 67.5 cm³/mol. The highest BCUT2D eigenvalue weighted by Crippen LogP contribution is 2.25. The Labute approximate surface area is 113 Å². The molecule has 7 heteroatoms. The van der Waals surface area contributed by atoms with Crippen LogP contribution in [-0.2, 0) is 4.79 Å². The zero-order valence-electron chi connectivity index (χ0n) is 10.2. The van der Waals surface area contributed by atoms with Gasteiger partial charge in [-0.1, -0.05) is 11.8 Å². The summed E-state index contributed by atoms with van der Waals surface area (Å²) in [5, 5.41) is 8.52. The summed E-state index contributed by atoms with van der Waals surface area (Å²) in [6.45, 7) is 0.0989. The van der Waals surface area contributed by atoms with Crippen LogP contribution < -0.4 is 0 Å². The fourth-order valence-corrected chi connectivity index (χ4v) is 1.86. The van der Waals surface area contributed by atoms with E-state index in [9.17, 15) is 18.4 Å². The number of halogens is 2. The van der Waals surface area contributed by atoms with Gasteiger partial charge in [0.15, 0.2) is 0 Å². The van der Waals surface area contributed by atoms with Crippen LogP contribution in [0.4, 0.5) is 8.78 Å². The Morgan fingerprint density at radius 2 is 1.89 bits per heavy atom. The molecule has 1 rings (SSSR count). The zero-order chi connectivity index (χ0) is 14.4. The lowest BCUT2D eigenvalue weighted by Gasteiger charge is -2.16. The molecule has 1 aromatic carbocycles. The van der Waals surface area contributed by atoms with E-state index in [1.807, 2.05) is 0 Å². The molecule has 1 N–H and O–H groups in total. The average molecular weight is 289 g/mol. The van der Waals surface area contributed by atoms with E-state index in [4.69, 9.17) is 5.11 Å². The van der Waals surface area contributed by atoms with Crippen molar-refractivity contribution in [2.75, 3.05) is 13.6 Å².